The Hall–Kier alpha value is -7.70. The summed E-state index contributed by atoms with van der Waals surface area (Å²) in [6.45, 7) is 9.61. The Morgan fingerprint density at radius 2 is 0.887 bits per heavy atom. The molecule has 1 saturated carbocycles. The van der Waals surface area contributed by atoms with E-state index in [-0.39, 0.29) is 34.7 Å². The van der Waals surface area contributed by atoms with Gasteiger partial charge >= 0.3 is 0 Å². The lowest BCUT2D eigenvalue weighted by molar-refractivity contribution is 0.195. The van der Waals surface area contributed by atoms with Gasteiger partial charge in [0.05, 0.1) is 16.9 Å². The van der Waals surface area contributed by atoms with Gasteiger partial charge in [-0.3, -0.25) is 0 Å². The highest BCUT2D eigenvalue weighted by atomic mass is 19.1. The van der Waals surface area contributed by atoms with Crippen molar-refractivity contribution in [2.24, 2.45) is 0 Å². The molecule has 4 aliphatic heterocycles. The van der Waals surface area contributed by atoms with Gasteiger partial charge in [-0.05, 0) is 125 Å². The van der Waals surface area contributed by atoms with Crippen LogP contribution in [0.5, 0.6) is 0 Å². The quantitative estimate of drug-likeness (QED) is 0.154. The van der Waals surface area contributed by atoms with Crippen LogP contribution in [0.4, 0.5) is 54.3 Å². The third-order valence-corrected chi connectivity index (χ3v) is 17.6. The first-order valence-corrected chi connectivity index (χ1v) is 25.3. The number of fused-ring (bicyclic) bond motifs is 3. The number of halogens is 2. The first kappa shape index (κ1) is 42.2. The molecule has 0 saturated heterocycles. The Labute approximate surface area is 415 Å². The van der Waals surface area contributed by atoms with Crippen molar-refractivity contribution in [3.63, 3.8) is 0 Å². The van der Waals surface area contributed by atoms with Crippen LogP contribution in [0, 0.1) is 11.6 Å². The Morgan fingerprint density at radius 1 is 0.394 bits per heavy atom. The lowest BCUT2D eigenvalue weighted by atomic mass is 9.28. The van der Waals surface area contributed by atoms with E-state index in [4.69, 9.17) is 0 Å². The van der Waals surface area contributed by atoms with Gasteiger partial charge in [0.25, 0.3) is 6.71 Å². The number of hydrogen-bond donors (Lipinski definition) is 0. The maximum atomic E-state index is 16.3. The first-order valence-electron chi connectivity index (χ1n) is 25.3. The number of para-hydroxylation sites is 2. The molecule has 0 radical (unpaired) electrons. The van der Waals surface area contributed by atoms with Crippen molar-refractivity contribution in [2.75, 3.05) is 14.7 Å². The van der Waals surface area contributed by atoms with Crippen LogP contribution in [0.2, 0.25) is 0 Å². The summed E-state index contributed by atoms with van der Waals surface area (Å²) in [6.07, 6.45) is 4.41. The van der Waals surface area contributed by atoms with Gasteiger partial charge in [0, 0.05) is 67.2 Å². The van der Waals surface area contributed by atoms with Crippen LogP contribution < -0.4 is 31.1 Å². The summed E-state index contributed by atoms with van der Waals surface area (Å²) < 4.78 is 32.6. The van der Waals surface area contributed by atoms with Gasteiger partial charge in [-0.15, -0.1) is 0 Å². The zero-order valence-electron chi connectivity index (χ0n) is 40.5. The highest BCUT2D eigenvalue weighted by Gasteiger charge is 2.59. The van der Waals surface area contributed by atoms with Crippen LogP contribution in [0.1, 0.15) is 70.1 Å². The third-order valence-electron chi connectivity index (χ3n) is 17.6. The van der Waals surface area contributed by atoms with Crippen LogP contribution in [-0.4, -0.2) is 12.3 Å². The lowest BCUT2D eigenvalue weighted by Gasteiger charge is -2.52. The largest absolute Gasteiger partial charge is 0.334 e. The molecule has 0 amide bonds. The SMILES string of the molecule is CC1(C)c2cccc3c2B2c4c(cc(N5c6ccc(-c7ccccc7)cc6C6(C)CCCCC56C)cc4N(c4ccccc4-c4ccccc4F)c4cccc1c42)N3c1ccccc1-c1ccccc1F. The second-order valence-electron chi connectivity index (χ2n) is 21.3. The highest BCUT2D eigenvalue weighted by Crippen LogP contribution is 2.63. The normalized spacial score (nSPS) is 19.6. The fraction of sp³-hybridized carbons (Fsp3) is 0.169. The van der Waals surface area contributed by atoms with Crippen molar-refractivity contribution in [1.29, 1.82) is 0 Å². The second kappa shape index (κ2) is 15.2. The minimum Gasteiger partial charge on any atom is -0.334 e. The monoisotopic (exact) mass is 923 g/mol. The second-order valence-corrected chi connectivity index (χ2v) is 21.3. The molecule has 14 rings (SSSR count). The van der Waals surface area contributed by atoms with Crippen molar-refractivity contribution in [1.82, 2.24) is 0 Å². The van der Waals surface area contributed by atoms with Gasteiger partial charge in [0.15, 0.2) is 0 Å². The predicted octanol–water partition coefficient (Wildman–Crippen LogP) is 15.4. The van der Waals surface area contributed by atoms with Gasteiger partial charge in [0.1, 0.15) is 11.6 Å². The molecule has 4 heterocycles. The molecular weight excluding hydrogens is 872 g/mol. The molecule has 344 valence electrons. The molecule has 2 unspecified atom stereocenters. The maximum absolute atomic E-state index is 16.3. The summed E-state index contributed by atoms with van der Waals surface area (Å²) >= 11 is 0. The molecule has 0 bridgehead atoms. The molecule has 6 heteroatoms. The molecule has 9 aromatic carbocycles. The van der Waals surface area contributed by atoms with Crippen molar-refractivity contribution < 1.29 is 8.78 Å². The molecule has 3 nitrogen and oxygen atoms in total. The fourth-order valence-corrected chi connectivity index (χ4v) is 14.1. The summed E-state index contributed by atoms with van der Waals surface area (Å²) in [6, 6.07) is 67.5. The summed E-state index contributed by atoms with van der Waals surface area (Å²) in [5, 5.41) is 0. The summed E-state index contributed by atoms with van der Waals surface area (Å²) in [5.74, 6) is -0.520. The van der Waals surface area contributed by atoms with Crippen molar-refractivity contribution >= 4 is 68.6 Å². The minimum atomic E-state index is -0.368. The Morgan fingerprint density at radius 3 is 1.45 bits per heavy atom. The van der Waals surface area contributed by atoms with E-state index in [1.165, 1.54) is 56.3 Å². The molecule has 0 aromatic heterocycles. The molecule has 0 N–H and O–H groups in total. The number of rotatable bonds is 6. The summed E-state index contributed by atoms with van der Waals surface area (Å²) in [5.41, 5.74) is 20.6. The van der Waals surface area contributed by atoms with E-state index in [2.05, 4.69) is 176 Å². The Bertz CT molecular complexity index is 3520. The fourth-order valence-electron chi connectivity index (χ4n) is 14.1. The van der Waals surface area contributed by atoms with Gasteiger partial charge in [-0.1, -0.05) is 167 Å². The van der Waals surface area contributed by atoms with E-state index < -0.39 is 0 Å². The van der Waals surface area contributed by atoms with Gasteiger partial charge < -0.3 is 14.7 Å². The molecule has 71 heavy (non-hydrogen) atoms. The molecular formula is C65H52BF2N3. The highest BCUT2D eigenvalue weighted by molar-refractivity contribution is 7.01. The van der Waals surface area contributed by atoms with E-state index in [0.717, 1.165) is 70.2 Å². The van der Waals surface area contributed by atoms with E-state index >= 15 is 8.78 Å². The van der Waals surface area contributed by atoms with E-state index in [1.807, 2.05) is 36.4 Å². The van der Waals surface area contributed by atoms with Crippen molar-refractivity contribution in [3.05, 3.63) is 222 Å². The molecule has 9 aromatic rings. The zero-order chi connectivity index (χ0) is 48.0. The number of hydrogen-bond acceptors (Lipinski definition) is 3. The molecule has 0 spiro atoms. The zero-order valence-corrected chi connectivity index (χ0v) is 40.5. The summed E-state index contributed by atoms with van der Waals surface area (Å²) in [4.78, 5) is 7.59. The number of benzene rings is 9. The Balaban J connectivity index is 1.12. The Kier molecular flexibility index (Phi) is 9.01. The predicted molar refractivity (Wildman–Crippen MR) is 292 cm³/mol. The first-order chi connectivity index (χ1) is 34.6. The number of nitrogens with zero attached hydrogens (tertiary/aromatic N) is 3. The van der Waals surface area contributed by atoms with Gasteiger partial charge in [-0.2, -0.15) is 0 Å². The van der Waals surface area contributed by atoms with Crippen LogP contribution in [-0.2, 0) is 10.8 Å². The smallest absolute Gasteiger partial charge is 0.252 e. The van der Waals surface area contributed by atoms with E-state index in [9.17, 15) is 0 Å². The third kappa shape index (κ3) is 5.70. The molecule has 5 aliphatic rings. The van der Waals surface area contributed by atoms with Crippen LogP contribution >= 0.6 is 0 Å². The van der Waals surface area contributed by atoms with E-state index in [0.29, 0.717) is 11.1 Å². The maximum Gasteiger partial charge on any atom is 0.252 e. The standard InChI is InChI=1S/C65H52BF2N3/c1-63(2)48-26-18-32-56-60(48)66-61-49(63)27-19-33-57(61)70(54-31-15-11-25-47(54)45-23-9-13-29-52(45)68)59-40-43(39-58(62(59)66)69(56)53-30-14-10-24-46(53)44-22-8-12-28-51(44)67)71-55-35-34-42(41-20-6-5-7-21-41)38-50(55)64(3)36-16-17-37-65(64,71)4/h5-15,18-35,38-40H,16-17,36-37H2,1-4H3. The van der Waals surface area contributed by atoms with Gasteiger partial charge in [-0.25, -0.2) is 8.78 Å². The van der Waals surface area contributed by atoms with Gasteiger partial charge in [0.2, 0.25) is 0 Å². The van der Waals surface area contributed by atoms with Crippen molar-refractivity contribution in [3.8, 4) is 33.4 Å². The van der Waals surface area contributed by atoms with E-state index in [1.54, 1.807) is 24.3 Å². The van der Waals surface area contributed by atoms with Crippen LogP contribution in [0.3, 0.4) is 0 Å². The van der Waals surface area contributed by atoms with Crippen LogP contribution in [0.15, 0.2) is 194 Å². The lowest BCUT2D eigenvalue weighted by Crippen LogP contribution is -2.67. The number of anilines is 8. The van der Waals surface area contributed by atoms with Crippen LogP contribution in [0.25, 0.3) is 33.4 Å². The van der Waals surface area contributed by atoms with Crippen molar-refractivity contribution in [2.45, 2.75) is 69.7 Å². The molecule has 1 fully saturated rings. The topological polar surface area (TPSA) is 9.72 Å². The summed E-state index contributed by atoms with van der Waals surface area (Å²) in [7, 11) is 0. The molecule has 2 atom stereocenters. The molecule has 1 aliphatic carbocycles. The average molecular weight is 924 g/mol. The average Bonchev–Trinajstić information content (AvgIpc) is 3.60. The minimum absolute atomic E-state index is 0.108.